The highest BCUT2D eigenvalue weighted by Gasteiger charge is 2.21. The fourth-order valence-corrected chi connectivity index (χ4v) is 3.42. The number of aryl methyl sites for hydroxylation is 1. The molecule has 2 fully saturated rings. The van der Waals surface area contributed by atoms with E-state index in [1.165, 1.54) is 55.0 Å². The van der Waals surface area contributed by atoms with Crippen LogP contribution in [0.2, 0.25) is 0 Å². The monoisotopic (exact) mass is 251 g/mol. The Balaban J connectivity index is 1.42. The van der Waals surface area contributed by atoms with Crippen LogP contribution in [-0.2, 0) is 13.0 Å². The van der Waals surface area contributed by atoms with Crippen molar-refractivity contribution in [2.45, 2.75) is 64.0 Å². The molecule has 1 aromatic rings. The topological polar surface area (TPSA) is 37.8 Å². The lowest BCUT2D eigenvalue weighted by molar-refractivity contribution is 0.502. The second-order valence-electron chi connectivity index (χ2n) is 5.43. The van der Waals surface area contributed by atoms with Gasteiger partial charge in [-0.15, -0.1) is 21.5 Å². The summed E-state index contributed by atoms with van der Waals surface area (Å²) in [6.07, 6.45) is 10.9. The molecule has 0 bridgehead atoms. The summed E-state index contributed by atoms with van der Waals surface area (Å²) in [5.74, 6) is 0.965. The van der Waals surface area contributed by atoms with Gasteiger partial charge in [0.1, 0.15) is 10.0 Å². The maximum atomic E-state index is 4.30. The van der Waals surface area contributed by atoms with Crippen LogP contribution in [0.15, 0.2) is 0 Å². The number of nitrogens with zero attached hydrogens (tertiary/aromatic N) is 2. The number of rotatable bonds is 6. The lowest BCUT2D eigenvalue weighted by Gasteiger charge is -2.05. The van der Waals surface area contributed by atoms with Gasteiger partial charge in [0, 0.05) is 19.0 Å². The number of hydrogen-bond acceptors (Lipinski definition) is 4. The fraction of sp³-hybridized carbons (Fsp3) is 0.846. The molecule has 0 unspecified atom stereocenters. The van der Waals surface area contributed by atoms with Crippen molar-refractivity contribution in [1.82, 2.24) is 15.5 Å². The summed E-state index contributed by atoms with van der Waals surface area (Å²) in [7, 11) is 0. The van der Waals surface area contributed by atoms with Gasteiger partial charge in [-0.3, -0.25) is 0 Å². The van der Waals surface area contributed by atoms with Crippen molar-refractivity contribution < 1.29 is 0 Å². The van der Waals surface area contributed by atoms with Crippen LogP contribution in [-0.4, -0.2) is 16.2 Å². The van der Waals surface area contributed by atoms with Gasteiger partial charge in [0.15, 0.2) is 0 Å². The Bertz CT molecular complexity index is 353. The SMILES string of the molecule is C1CCC(CCc2nnc(CNC3CC3)s2)C1. The van der Waals surface area contributed by atoms with E-state index in [1.807, 2.05) is 0 Å². The quantitative estimate of drug-likeness (QED) is 0.844. The van der Waals surface area contributed by atoms with Gasteiger partial charge in [0.25, 0.3) is 0 Å². The Labute approximate surface area is 107 Å². The highest BCUT2D eigenvalue weighted by molar-refractivity contribution is 7.11. The molecule has 17 heavy (non-hydrogen) atoms. The summed E-state index contributed by atoms with van der Waals surface area (Å²) in [5, 5.41) is 14.5. The number of aromatic nitrogens is 2. The van der Waals surface area contributed by atoms with Crippen molar-refractivity contribution in [3.63, 3.8) is 0 Å². The zero-order valence-electron chi connectivity index (χ0n) is 10.3. The summed E-state index contributed by atoms with van der Waals surface area (Å²) in [4.78, 5) is 0. The first-order valence-corrected chi connectivity index (χ1v) is 7.76. The second kappa shape index (κ2) is 5.44. The van der Waals surface area contributed by atoms with E-state index in [0.717, 1.165) is 24.9 Å². The maximum absolute atomic E-state index is 4.30. The Morgan fingerprint density at radius 1 is 1.06 bits per heavy atom. The van der Waals surface area contributed by atoms with Crippen molar-refractivity contribution in [1.29, 1.82) is 0 Å². The van der Waals surface area contributed by atoms with Crippen LogP contribution in [0.5, 0.6) is 0 Å². The minimum atomic E-state index is 0.765. The molecule has 94 valence electrons. The van der Waals surface area contributed by atoms with Crippen LogP contribution in [0.3, 0.4) is 0 Å². The van der Waals surface area contributed by atoms with Gasteiger partial charge < -0.3 is 5.32 Å². The molecule has 1 N–H and O–H groups in total. The largest absolute Gasteiger partial charge is 0.308 e. The third-order valence-electron chi connectivity index (χ3n) is 3.87. The van der Waals surface area contributed by atoms with E-state index in [4.69, 9.17) is 0 Å². The zero-order chi connectivity index (χ0) is 11.5. The molecule has 4 heteroatoms. The van der Waals surface area contributed by atoms with Gasteiger partial charge in [0.2, 0.25) is 0 Å². The van der Waals surface area contributed by atoms with Crippen LogP contribution >= 0.6 is 11.3 Å². The van der Waals surface area contributed by atoms with Crippen molar-refractivity contribution in [3.05, 3.63) is 10.0 Å². The Morgan fingerprint density at radius 2 is 1.82 bits per heavy atom. The van der Waals surface area contributed by atoms with E-state index >= 15 is 0 Å². The zero-order valence-corrected chi connectivity index (χ0v) is 11.1. The minimum absolute atomic E-state index is 0.765. The summed E-state index contributed by atoms with van der Waals surface area (Å²) in [5.41, 5.74) is 0. The molecule has 0 amide bonds. The first-order chi connectivity index (χ1) is 8.40. The van der Waals surface area contributed by atoms with E-state index in [9.17, 15) is 0 Å². The van der Waals surface area contributed by atoms with E-state index in [2.05, 4.69) is 15.5 Å². The first kappa shape index (κ1) is 11.6. The Kier molecular flexibility index (Phi) is 3.71. The van der Waals surface area contributed by atoms with Crippen molar-refractivity contribution in [2.24, 2.45) is 5.92 Å². The number of nitrogens with one attached hydrogen (secondary N) is 1. The smallest absolute Gasteiger partial charge is 0.131 e. The molecule has 0 aliphatic heterocycles. The minimum Gasteiger partial charge on any atom is -0.308 e. The Hall–Kier alpha value is -0.480. The molecule has 1 heterocycles. The van der Waals surface area contributed by atoms with Gasteiger partial charge in [-0.25, -0.2) is 0 Å². The van der Waals surface area contributed by atoms with E-state index in [-0.39, 0.29) is 0 Å². The molecule has 2 aliphatic rings. The van der Waals surface area contributed by atoms with Crippen LogP contribution in [0, 0.1) is 5.92 Å². The molecule has 2 aliphatic carbocycles. The van der Waals surface area contributed by atoms with E-state index < -0.39 is 0 Å². The van der Waals surface area contributed by atoms with Crippen molar-refractivity contribution in [2.75, 3.05) is 0 Å². The molecule has 3 rings (SSSR count). The number of hydrogen-bond donors (Lipinski definition) is 1. The third-order valence-corrected chi connectivity index (χ3v) is 4.85. The van der Waals surface area contributed by atoms with Crippen LogP contribution in [0.4, 0.5) is 0 Å². The predicted octanol–water partition coefficient (Wildman–Crippen LogP) is 2.91. The van der Waals surface area contributed by atoms with Gasteiger partial charge in [-0.1, -0.05) is 25.7 Å². The van der Waals surface area contributed by atoms with Gasteiger partial charge in [-0.2, -0.15) is 0 Å². The summed E-state index contributed by atoms with van der Waals surface area (Å²) < 4.78 is 0. The third kappa shape index (κ3) is 3.49. The molecule has 0 spiro atoms. The van der Waals surface area contributed by atoms with E-state index in [0.29, 0.717) is 0 Å². The summed E-state index contributed by atoms with van der Waals surface area (Å²) in [6.45, 7) is 0.922. The average Bonchev–Trinajstić information content (AvgIpc) is 2.86. The molecule has 1 aromatic heterocycles. The second-order valence-corrected chi connectivity index (χ2v) is 6.58. The maximum Gasteiger partial charge on any atom is 0.131 e. The lowest BCUT2D eigenvalue weighted by Crippen LogP contribution is -2.14. The molecule has 0 atom stereocenters. The van der Waals surface area contributed by atoms with Gasteiger partial charge in [0.05, 0.1) is 0 Å². The predicted molar refractivity (Wildman–Crippen MR) is 70.0 cm³/mol. The standard InChI is InChI=1S/C13H21N3S/c1-2-4-10(3-1)5-8-12-15-16-13(17-12)9-14-11-6-7-11/h10-11,14H,1-9H2. The molecule has 0 radical (unpaired) electrons. The van der Waals surface area contributed by atoms with Gasteiger partial charge >= 0.3 is 0 Å². The molecule has 0 saturated heterocycles. The van der Waals surface area contributed by atoms with Crippen LogP contribution in [0.25, 0.3) is 0 Å². The van der Waals surface area contributed by atoms with E-state index in [1.54, 1.807) is 11.3 Å². The molecule has 0 aromatic carbocycles. The molecule has 2 saturated carbocycles. The summed E-state index contributed by atoms with van der Waals surface area (Å²) >= 11 is 1.80. The van der Waals surface area contributed by atoms with Crippen molar-refractivity contribution in [3.8, 4) is 0 Å². The highest BCUT2D eigenvalue weighted by Crippen LogP contribution is 2.29. The molecular weight excluding hydrogens is 230 g/mol. The Morgan fingerprint density at radius 3 is 2.59 bits per heavy atom. The highest BCUT2D eigenvalue weighted by atomic mass is 32.1. The molecule has 3 nitrogen and oxygen atoms in total. The van der Waals surface area contributed by atoms with Crippen LogP contribution < -0.4 is 5.32 Å². The van der Waals surface area contributed by atoms with Crippen molar-refractivity contribution >= 4 is 11.3 Å². The average molecular weight is 251 g/mol. The van der Waals surface area contributed by atoms with Gasteiger partial charge in [-0.05, 0) is 25.2 Å². The fourth-order valence-electron chi connectivity index (χ4n) is 2.61. The summed E-state index contributed by atoms with van der Waals surface area (Å²) in [6, 6.07) is 0.765. The van der Waals surface area contributed by atoms with Crippen LogP contribution in [0.1, 0.15) is 55.0 Å². The normalized spacial score (nSPS) is 21.2. The molecular formula is C13H21N3S. The lowest BCUT2D eigenvalue weighted by atomic mass is 10.0. The first-order valence-electron chi connectivity index (χ1n) is 6.95.